The fraction of sp³-hybridized carbons (Fsp3) is 0.158. The van der Waals surface area contributed by atoms with Crippen LogP contribution in [0.5, 0.6) is 17.2 Å². The molecule has 8 heteroatoms. The summed E-state index contributed by atoms with van der Waals surface area (Å²) >= 11 is 0. The molecule has 0 aliphatic heterocycles. The zero-order valence-corrected chi connectivity index (χ0v) is 15.2. The van der Waals surface area contributed by atoms with Crippen LogP contribution < -0.4 is 19.6 Å². The van der Waals surface area contributed by atoms with Crippen molar-refractivity contribution in [2.45, 2.75) is 0 Å². The Hall–Kier alpha value is -3.68. The standard InChI is InChI=1S/C19H19N5O3/c1-25-14-9-17(26-2)15(18(10-14)27-3)11-20-23-19-22-16(12-21-24-19)13-7-5-4-6-8-13/h4-12H,1-3H3,(H,22,23,24)/b20-11+. The molecule has 0 fully saturated rings. The molecule has 0 amide bonds. The molecule has 0 aliphatic carbocycles. The van der Waals surface area contributed by atoms with Crippen molar-refractivity contribution in [1.82, 2.24) is 15.2 Å². The first-order valence-electron chi connectivity index (χ1n) is 8.09. The molecule has 0 aliphatic rings. The Morgan fingerprint density at radius 1 is 0.963 bits per heavy atom. The van der Waals surface area contributed by atoms with Gasteiger partial charge in [0.25, 0.3) is 5.95 Å². The van der Waals surface area contributed by atoms with Gasteiger partial charge in [0.2, 0.25) is 0 Å². The summed E-state index contributed by atoms with van der Waals surface area (Å²) < 4.78 is 16.0. The van der Waals surface area contributed by atoms with Gasteiger partial charge in [-0.3, -0.25) is 0 Å². The van der Waals surface area contributed by atoms with E-state index in [1.165, 1.54) is 0 Å². The van der Waals surface area contributed by atoms with Crippen LogP contribution in [0.15, 0.2) is 53.8 Å². The van der Waals surface area contributed by atoms with Gasteiger partial charge in [-0.2, -0.15) is 10.2 Å². The Bertz CT molecular complexity index is 907. The van der Waals surface area contributed by atoms with E-state index in [0.29, 0.717) is 28.5 Å². The van der Waals surface area contributed by atoms with E-state index in [9.17, 15) is 0 Å². The second-order valence-corrected chi connectivity index (χ2v) is 5.35. The van der Waals surface area contributed by atoms with Gasteiger partial charge in [-0.1, -0.05) is 30.3 Å². The maximum atomic E-state index is 5.39. The molecule has 138 valence electrons. The summed E-state index contributed by atoms with van der Waals surface area (Å²) in [5, 5.41) is 12.1. The van der Waals surface area contributed by atoms with Crippen LogP contribution in [0.3, 0.4) is 0 Å². The third-order valence-electron chi connectivity index (χ3n) is 3.74. The van der Waals surface area contributed by atoms with Crippen molar-refractivity contribution >= 4 is 12.2 Å². The van der Waals surface area contributed by atoms with Gasteiger partial charge in [0.05, 0.1) is 45.0 Å². The molecule has 0 atom stereocenters. The third kappa shape index (κ3) is 4.30. The van der Waals surface area contributed by atoms with Crippen LogP contribution in [0.2, 0.25) is 0 Å². The molecule has 0 saturated heterocycles. The maximum Gasteiger partial charge on any atom is 0.263 e. The van der Waals surface area contributed by atoms with Crippen molar-refractivity contribution in [3.05, 3.63) is 54.2 Å². The van der Waals surface area contributed by atoms with E-state index in [0.717, 1.165) is 5.56 Å². The summed E-state index contributed by atoms with van der Waals surface area (Å²) in [6.45, 7) is 0. The summed E-state index contributed by atoms with van der Waals surface area (Å²) in [6, 6.07) is 13.2. The number of nitrogens with one attached hydrogen (secondary N) is 1. The van der Waals surface area contributed by atoms with Crippen molar-refractivity contribution in [3.8, 4) is 28.5 Å². The van der Waals surface area contributed by atoms with Crippen molar-refractivity contribution in [2.24, 2.45) is 5.10 Å². The Labute approximate surface area is 156 Å². The average molecular weight is 365 g/mol. The highest BCUT2D eigenvalue weighted by molar-refractivity contribution is 5.88. The molecule has 3 rings (SSSR count). The molecular formula is C19H19N5O3. The smallest absolute Gasteiger partial charge is 0.263 e. The second kappa shape index (κ2) is 8.61. The number of ether oxygens (including phenoxy) is 3. The molecule has 3 aromatic rings. The summed E-state index contributed by atoms with van der Waals surface area (Å²) in [5.74, 6) is 2.03. The minimum absolute atomic E-state index is 0.277. The summed E-state index contributed by atoms with van der Waals surface area (Å²) in [7, 11) is 4.71. The highest BCUT2D eigenvalue weighted by atomic mass is 16.5. The minimum Gasteiger partial charge on any atom is -0.496 e. The molecule has 1 N–H and O–H groups in total. The number of hydrogen-bond acceptors (Lipinski definition) is 8. The number of hydrogen-bond donors (Lipinski definition) is 1. The number of rotatable bonds is 7. The van der Waals surface area contributed by atoms with E-state index in [2.05, 4.69) is 25.7 Å². The van der Waals surface area contributed by atoms with Crippen molar-refractivity contribution in [2.75, 3.05) is 26.8 Å². The Morgan fingerprint density at radius 3 is 2.30 bits per heavy atom. The van der Waals surface area contributed by atoms with Crippen LogP contribution in [-0.2, 0) is 0 Å². The monoisotopic (exact) mass is 365 g/mol. The zero-order valence-electron chi connectivity index (χ0n) is 15.2. The van der Waals surface area contributed by atoms with Crippen molar-refractivity contribution < 1.29 is 14.2 Å². The number of methoxy groups -OCH3 is 3. The predicted molar refractivity (Wildman–Crippen MR) is 103 cm³/mol. The van der Waals surface area contributed by atoms with Gasteiger partial charge in [0.1, 0.15) is 17.2 Å². The lowest BCUT2D eigenvalue weighted by atomic mass is 10.2. The molecule has 0 radical (unpaired) electrons. The first kappa shape index (κ1) is 18.1. The lowest BCUT2D eigenvalue weighted by Crippen LogP contribution is -2.02. The Kier molecular flexibility index (Phi) is 5.78. The van der Waals surface area contributed by atoms with Crippen molar-refractivity contribution in [3.63, 3.8) is 0 Å². The Morgan fingerprint density at radius 2 is 1.67 bits per heavy atom. The minimum atomic E-state index is 0.277. The van der Waals surface area contributed by atoms with E-state index < -0.39 is 0 Å². The number of hydrazone groups is 1. The summed E-state index contributed by atoms with van der Waals surface area (Å²) in [6.07, 6.45) is 3.16. The molecule has 0 saturated carbocycles. The molecule has 0 unspecified atom stereocenters. The van der Waals surface area contributed by atoms with Gasteiger partial charge in [0.15, 0.2) is 0 Å². The van der Waals surface area contributed by atoms with Gasteiger partial charge < -0.3 is 14.2 Å². The summed E-state index contributed by atoms with van der Waals surface area (Å²) in [5.41, 5.74) is 5.07. The fourth-order valence-corrected chi connectivity index (χ4v) is 2.41. The van der Waals surface area contributed by atoms with Crippen LogP contribution >= 0.6 is 0 Å². The van der Waals surface area contributed by atoms with Gasteiger partial charge in [0, 0.05) is 17.7 Å². The highest BCUT2D eigenvalue weighted by Crippen LogP contribution is 2.32. The van der Waals surface area contributed by atoms with Crippen LogP contribution in [0.1, 0.15) is 5.56 Å². The quantitative estimate of drug-likeness (QED) is 0.508. The zero-order chi connectivity index (χ0) is 19.1. The van der Waals surface area contributed by atoms with E-state index in [4.69, 9.17) is 14.2 Å². The highest BCUT2D eigenvalue weighted by Gasteiger charge is 2.11. The van der Waals surface area contributed by atoms with Crippen LogP contribution in [-0.4, -0.2) is 42.7 Å². The van der Waals surface area contributed by atoms with Gasteiger partial charge in [-0.05, 0) is 0 Å². The van der Waals surface area contributed by atoms with Crippen LogP contribution in [0, 0.1) is 0 Å². The molecule has 2 aromatic carbocycles. The first-order chi connectivity index (χ1) is 13.2. The fourth-order valence-electron chi connectivity index (χ4n) is 2.41. The molecule has 1 aromatic heterocycles. The van der Waals surface area contributed by atoms with E-state index in [1.54, 1.807) is 45.9 Å². The number of aromatic nitrogens is 3. The number of anilines is 1. The first-order valence-corrected chi connectivity index (χ1v) is 8.09. The molecule has 27 heavy (non-hydrogen) atoms. The average Bonchev–Trinajstić information content (AvgIpc) is 2.74. The van der Waals surface area contributed by atoms with E-state index in [-0.39, 0.29) is 5.95 Å². The predicted octanol–water partition coefficient (Wildman–Crippen LogP) is 3.01. The summed E-state index contributed by atoms with van der Waals surface area (Å²) in [4.78, 5) is 4.41. The third-order valence-corrected chi connectivity index (χ3v) is 3.74. The molecule has 1 heterocycles. The maximum absolute atomic E-state index is 5.39. The molecule has 8 nitrogen and oxygen atoms in total. The normalized spacial score (nSPS) is 10.6. The Balaban J connectivity index is 1.82. The van der Waals surface area contributed by atoms with E-state index >= 15 is 0 Å². The van der Waals surface area contributed by atoms with E-state index in [1.807, 2.05) is 30.3 Å². The van der Waals surface area contributed by atoms with Gasteiger partial charge in [-0.25, -0.2) is 10.4 Å². The van der Waals surface area contributed by atoms with Crippen molar-refractivity contribution in [1.29, 1.82) is 0 Å². The SMILES string of the molecule is COc1cc(OC)c(/C=N/Nc2nncc(-c3ccccc3)n2)c(OC)c1. The lowest BCUT2D eigenvalue weighted by molar-refractivity contribution is 0.374. The van der Waals surface area contributed by atoms with Crippen LogP contribution in [0.4, 0.5) is 5.95 Å². The second-order valence-electron chi connectivity index (χ2n) is 5.35. The largest absolute Gasteiger partial charge is 0.496 e. The topological polar surface area (TPSA) is 90.8 Å². The number of nitrogens with zero attached hydrogens (tertiary/aromatic N) is 4. The van der Waals surface area contributed by atoms with Crippen LogP contribution in [0.25, 0.3) is 11.3 Å². The molecule has 0 bridgehead atoms. The lowest BCUT2D eigenvalue weighted by Gasteiger charge is -2.12. The molecular weight excluding hydrogens is 346 g/mol. The van der Waals surface area contributed by atoms with Gasteiger partial charge in [-0.15, -0.1) is 5.10 Å². The van der Waals surface area contributed by atoms with Gasteiger partial charge >= 0.3 is 0 Å². The number of benzene rings is 2. The molecule has 0 spiro atoms.